The van der Waals surface area contributed by atoms with Gasteiger partial charge in [-0.2, -0.15) is 0 Å². The maximum absolute atomic E-state index is 12.3. The minimum absolute atomic E-state index is 0. The molecule has 80 valence electrons. The minimum Gasteiger partial charge on any atom is -0.505 e. The zero-order chi connectivity index (χ0) is 10.0. The molecule has 1 aromatic rings. The monoisotopic (exact) mass is 220 g/mol. The lowest BCUT2D eigenvalue weighted by Crippen LogP contribution is -2.14. The maximum Gasteiger partial charge on any atom is 0.143 e. The number of hydrogen-bond acceptors (Lipinski definition) is 3. The van der Waals surface area contributed by atoms with Crippen LogP contribution in [0.2, 0.25) is 0 Å². The Balaban J connectivity index is 0.00000169. The number of rotatable bonds is 2. The van der Waals surface area contributed by atoms with Gasteiger partial charge in [-0.3, -0.25) is 0 Å². The van der Waals surface area contributed by atoms with Gasteiger partial charge in [0.1, 0.15) is 12.4 Å². The molecule has 14 heavy (non-hydrogen) atoms. The zero-order valence-corrected chi connectivity index (χ0v) is 8.64. The third kappa shape index (κ3) is 2.27. The number of hydrogen-bond donors (Lipinski definition) is 3. The van der Waals surface area contributed by atoms with Crippen molar-refractivity contribution in [2.24, 2.45) is 5.73 Å². The molecule has 0 aliphatic heterocycles. The molecule has 1 rings (SSSR count). The number of alkyl halides is 1. The Hall–Kier alpha value is -1.00. The van der Waals surface area contributed by atoms with Crippen LogP contribution >= 0.6 is 12.4 Å². The average molecular weight is 221 g/mol. The van der Waals surface area contributed by atoms with Gasteiger partial charge in [-0.15, -0.1) is 12.4 Å². The van der Waals surface area contributed by atoms with E-state index in [1.165, 1.54) is 0 Å². The highest BCUT2D eigenvalue weighted by atomic mass is 35.5. The lowest BCUT2D eigenvalue weighted by atomic mass is 10.0. The summed E-state index contributed by atoms with van der Waals surface area (Å²) in [5.41, 5.74) is 12.3. The lowest BCUT2D eigenvalue weighted by molar-refractivity contribution is 0.414. The van der Waals surface area contributed by atoms with Gasteiger partial charge in [0, 0.05) is 5.56 Å². The molecule has 1 atom stereocenters. The number of nitrogen functional groups attached to an aromatic ring is 1. The Morgan fingerprint density at radius 3 is 2.57 bits per heavy atom. The first-order valence-corrected chi connectivity index (χ1v) is 3.97. The molecule has 3 nitrogen and oxygen atoms in total. The Bertz CT molecular complexity index is 320. The second kappa shape index (κ2) is 5.02. The second-order valence-corrected chi connectivity index (χ2v) is 2.99. The van der Waals surface area contributed by atoms with Crippen molar-refractivity contribution in [3.63, 3.8) is 0 Å². The van der Waals surface area contributed by atoms with Crippen LogP contribution in [-0.4, -0.2) is 11.8 Å². The van der Waals surface area contributed by atoms with E-state index >= 15 is 0 Å². The third-order valence-corrected chi connectivity index (χ3v) is 2.00. The third-order valence-electron chi connectivity index (χ3n) is 2.00. The van der Waals surface area contributed by atoms with Crippen LogP contribution in [0.25, 0.3) is 0 Å². The van der Waals surface area contributed by atoms with Crippen LogP contribution in [-0.2, 0) is 0 Å². The van der Waals surface area contributed by atoms with Crippen molar-refractivity contribution in [1.29, 1.82) is 0 Å². The molecule has 0 radical (unpaired) electrons. The Morgan fingerprint density at radius 1 is 1.50 bits per heavy atom. The lowest BCUT2D eigenvalue weighted by Gasteiger charge is -2.14. The molecule has 0 saturated heterocycles. The fraction of sp³-hybridized carbons (Fsp3) is 0.333. The predicted molar refractivity (Wildman–Crippen MR) is 57.4 cm³/mol. The highest BCUT2D eigenvalue weighted by Gasteiger charge is 2.15. The molecule has 0 aliphatic rings. The normalized spacial score (nSPS) is 11.9. The van der Waals surface area contributed by atoms with Crippen molar-refractivity contribution < 1.29 is 9.50 Å². The standard InChI is InChI=1S/C9H13FN2O.ClH/c1-5-2-3-6(11)9(13)8(5)7(12)4-10;/h2-3,7,13H,4,11-12H2,1H3;1H/t7-;/m0./s1. The number of nitrogens with two attached hydrogens (primary N) is 2. The topological polar surface area (TPSA) is 72.3 Å². The molecular formula is C9H14ClFN2O. The fourth-order valence-electron chi connectivity index (χ4n) is 1.27. The first kappa shape index (κ1) is 13.0. The molecule has 0 aromatic heterocycles. The van der Waals surface area contributed by atoms with E-state index in [-0.39, 0.29) is 23.8 Å². The summed E-state index contributed by atoms with van der Waals surface area (Å²) in [6.07, 6.45) is 0. The highest BCUT2D eigenvalue weighted by molar-refractivity contribution is 5.85. The number of benzene rings is 1. The van der Waals surface area contributed by atoms with Gasteiger partial charge in [-0.05, 0) is 18.6 Å². The van der Waals surface area contributed by atoms with Crippen LogP contribution in [0.3, 0.4) is 0 Å². The molecule has 0 heterocycles. The van der Waals surface area contributed by atoms with Gasteiger partial charge in [0.05, 0.1) is 11.7 Å². The quantitative estimate of drug-likeness (QED) is 0.525. The zero-order valence-electron chi connectivity index (χ0n) is 7.83. The first-order chi connectivity index (χ1) is 6.07. The number of halogens is 2. The number of phenols is 1. The van der Waals surface area contributed by atoms with Gasteiger partial charge in [-0.1, -0.05) is 6.07 Å². The highest BCUT2D eigenvalue weighted by Crippen LogP contribution is 2.31. The summed E-state index contributed by atoms with van der Waals surface area (Å²) in [7, 11) is 0. The Labute approximate surface area is 88.3 Å². The Morgan fingerprint density at radius 2 is 2.07 bits per heavy atom. The van der Waals surface area contributed by atoms with E-state index in [9.17, 15) is 9.50 Å². The van der Waals surface area contributed by atoms with Crippen molar-refractivity contribution in [1.82, 2.24) is 0 Å². The second-order valence-electron chi connectivity index (χ2n) is 2.99. The molecule has 0 spiro atoms. The van der Waals surface area contributed by atoms with Crippen molar-refractivity contribution >= 4 is 18.1 Å². The summed E-state index contributed by atoms with van der Waals surface area (Å²) < 4.78 is 12.3. The number of aromatic hydroxyl groups is 1. The minimum atomic E-state index is -0.802. The number of aryl methyl sites for hydroxylation is 1. The summed E-state index contributed by atoms with van der Waals surface area (Å²) in [4.78, 5) is 0. The smallest absolute Gasteiger partial charge is 0.143 e. The first-order valence-electron chi connectivity index (χ1n) is 3.97. The molecule has 0 amide bonds. The maximum atomic E-state index is 12.3. The molecule has 5 heteroatoms. The van der Waals surface area contributed by atoms with Crippen molar-refractivity contribution in [3.8, 4) is 5.75 Å². The molecular weight excluding hydrogens is 207 g/mol. The van der Waals surface area contributed by atoms with Gasteiger partial charge in [0.15, 0.2) is 0 Å². The average Bonchev–Trinajstić information content (AvgIpc) is 2.12. The van der Waals surface area contributed by atoms with Crippen molar-refractivity contribution in [2.45, 2.75) is 13.0 Å². The summed E-state index contributed by atoms with van der Waals surface area (Å²) >= 11 is 0. The largest absolute Gasteiger partial charge is 0.505 e. The van der Waals surface area contributed by atoms with E-state index in [0.29, 0.717) is 5.56 Å². The molecule has 0 unspecified atom stereocenters. The van der Waals surface area contributed by atoms with E-state index in [1.54, 1.807) is 19.1 Å². The van der Waals surface area contributed by atoms with Gasteiger partial charge in [-0.25, -0.2) is 4.39 Å². The molecule has 0 aliphatic carbocycles. The van der Waals surface area contributed by atoms with E-state index in [1.807, 2.05) is 0 Å². The van der Waals surface area contributed by atoms with Crippen LogP contribution in [0, 0.1) is 6.92 Å². The fourth-order valence-corrected chi connectivity index (χ4v) is 1.27. The molecule has 5 N–H and O–H groups in total. The molecule has 0 saturated carbocycles. The van der Waals surface area contributed by atoms with E-state index < -0.39 is 12.7 Å². The summed E-state index contributed by atoms with van der Waals surface area (Å²) in [5.74, 6) is -0.106. The molecule has 1 aromatic carbocycles. The van der Waals surface area contributed by atoms with Crippen LogP contribution < -0.4 is 11.5 Å². The Kier molecular flexibility index (Phi) is 4.67. The summed E-state index contributed by atoms with van der Waals surface area (Å²) in [6, 6.07) is 2.47. The van der Waals surface area contributed by atoms with E-state index in [2.05, 4.69) is 0 Å². The van der Waals surface area contributed by atoms with Crippen LogP contribution in [0.1, 0.15) is 17.2 Å². The SMILES string of the molecule is Cc1ccc(N)c(O)c1[C@@H](N)CF.Cl. The number of anilines is 1. The van der Waals surface area contributed by atoms with Crippen LogP contribution in [0.4, 0.5) is 10.1 Å². The van der Waals surface area contributed by atoms with Gasteiger partial charge in [0.2, 0.25) is 0 Å². The van der Waals surface area contributed by atoms with Crippen LogP contribution in [0.5, 0.6) is 5.75 Å². The number of phenolic OH excluding ortho intramolecular Hbond substituents is 1. The van der Waals surface area contributed by atoms with Crippen molar-refractivity contribution in [2.75, 3.05) is 12.4 Å². The summed E-state index contributed by atoms with van der Waals surface area (Å²) in [6.45, 7) is 1.04. The van der Waals surface area contributed by atoms with E-state index in [4.69, 9.17) is 11.5 Å². The molecule has 0 fully saturated rings. The molecule has 0 bridgehead atoms. The van der Waals surface area contributed by atoms with Crippen LogP contribution in [0.15, 0.2) is 12.1 Å². The van der Waals surface area contributed by atoms with E-state index in [0.717, 1.165) is 5.56 Å². The predicted octanol–water partition coefficient (Wildman–Crippen LogP) is 1.67. The van der Waals surface area contributed by atoms with Crippen molar-refractivity contribution in [3.05, 3.63) is 23.3 Å². The van der Waals surface area contributed by atoms with Gasteiger partial charge >= 0.3 is 0 Å². The van der Waals surface area contributed by atoms with Gasteiger partial charge in [0.25, 0.3) is 0 Å². The van der Waals surface area contributed by atoms with Gasteiger partial charge < -0.3 is 16.6 Å². The summed E-state index contributed by atoms with van der Waals surface area (Å²) in [5, 5.41) is 9.51.